The molecule has 0 aliphatic carbocycles. The number of rotatable bonds is 2. The van der Waals surface area contributed by atoms with E-state index < -0.39 is 0 Å². The molecule has 73 valence electrons. The number of hydrogen-bond donors (Lipinski definition) is 0. The summed E-state index contributed by atoms with van der Waals surface area (Å²) in [5, 5.41) is 0. The molecule has 0 saturated carbocycles. The smallest absolute Gasteiger partial charge is 0.312 e. The van der Waals surface area contributed by atoms with Gasteiger partial charge < -0.3 is 4.90 Å². The van der Waals surface area contributed by atoms with Gasteiger partial charge in [0, 0.05) is 13.1 Å². The molecule has 1 saturated heterocycles. The Morgan fingerprint density at radius 1 is 1.14 bits per heavy atom. The first-order chi connectivity index (χ1) is 6.90. The molecule has 1 amide bonds. The number of nitrogens with zero attached hydrogens (tertiary/aromatic N) is 1. The van der Waals surface area contributed by atoms with Gasteiger partial charge in [-0.15, -0.1) is 0 Å². The number of piperidine rings is 1. The maximum absolute atomic E-state index is 10.4. The highest BCUT2D eigenvalue weighted by Gasteiger charge is 2.19. The molecule has 1 fully saturated rings. The van der Waals surface area contributed by atoms with Gasteiger partial charge in [-0.2, -0.15) is 0 Å². The molecular formula is C12H14NO. The van der Waals surface area contributed by atoms with E-state index >= 15 is 0 Å². The van der Waals surface area contributed by atoms with Crippen LogP contribution in [0.5, 0.6) is 0 Å². The minimum absolute atomic E-state index is 0.626. The van der Waals surface area contributed by atoms with Gasteiger partial charge in [0.2, 0.25) is 0 Å². The van der Waals surface area contributed by atoms with E-state index in [2.05, 4.69) is 24.3 Å². The Labute approximate surface area is 84.5 Å². The van der Waals surface area contributed by atoms with Crippen molar-refractivity contribution in [2.75, 3.05) is 13.1 Å². The molecule has 1 aliphatic heterocycles. The summed E-state index contributed by atoms with van der Waals surface area (Å²) in [6.45, 7) is 1.70. The third-order valence-electron chi connectivity index (χ3n) is 2.90. The van der Waals surface area contributed by atoms with Crippen LogP contribution in [0.2, 0.25) is 0 Å². The van der Waals surface area contributed by atoms with Gasteiger partial charge in [0.25, 0.3) is 0 Å². The fourth-order valence-electron chi connectivity index (χ4n) is 2.03. The lowest BCUT2D eigenvalue weighted by atomic mass is 9.90. The second kappa shape index (κ2) is 4.27. The SMILES string of the molecule is O=[C]N1CCC(c2ccccc2)CC1. The van der Waals surface area contributed by atoms with Crippen molar-refractivity contribution in [3.8, 4) is 0 Å². The Hall–Kier alpha value is -1.31. The maximum Gasteiger partial charge on any atom is 0.312 e. The standard InChI is InChI=1S/C12H14NO/c14-10-13-8-6-12(7-9-13)11-4-2-1-3-5-11/h1-5,12H,6-9H2. The van der Waals surface area contributed by atoms with Crippen LogP contribution in [-0.4, -0.2) is 24.4 Å². The highest BCUT2D eigenvalue weighted by Crippen LogP contribution is 2.26. The van der Waals surface area contributed by atoms with E-state index in [0.717, 1.165) is 25.9 Å². The van der Waals surface area contributed by atoms with Crippen LogP contribution < -0.4 is 0 Å². The van der Waals surface area contributed by atoms with Crippen LogP contribution in [0.4, 0.5) is 0 Å². The van der Waals surface area contributed by atoms with Gasteiger partial charge in [0.05, 0.1) is 0 Å². The number of benzene rings is 1. The van der Waals surface area contributed by atoms with E-state index in [9.17, 15) is 4.79 Å². The fourth-order valence-corrected chi connectivity index (χ4v) is 2.03. The molecule has 0 bridgehead atoms. The molecule has 1 aromatic carbocycles. The zero-order valence-electron chi connectivity index (χ0n) is 8.15. The van der Waals surface area contributed by atoms with E-state index in [-0.39, 0.29) is 0 Å². The summed E-state index contributed by atoms with van der Waals surface area (Å²) in [5.74, 6) is 0.626. The lowest BCUT2D eigenvalue weighted by Gasteiger charge is -2.28. The first-order valence-corrected chi connectivity index (χ1v) is 5.08. The Kier molecular flexibility index (Phi) is 2.82. The molecule has 1 heterocycles. The van der Waals surface area contributed by atoms with Crippen molar-refractivity contribution in [3.63, 3.8) is 0 Å². The van der Waals surface area contributed by atoms with Crippen LogP contribution in [0.3, 0.4) is 0 Å². The quantitative estimate of drug-likeness (QED) is 0.694. The monoisotopic (exact) mass is 188 g/mol. The van der Waals surface area contributed by atoms with Gasteiger partial charge >= 0.3 is 6.41 Å². The Morgan fingerprint density at radius 2 is 1.79 bits per heavy atom. The van der Waals surface area contributed by atoms with Crippen molar-refractivity contribution < 1.29 is 4.79 Å². The molecule has 1 radical (unpaired) electrons. The molecule has 1 aromatic rings. The largest absolute Gasteiger partial charge is 0.334 e. The van der Waals surface area contributed by atoms with E-state index in [1.807, 2.05) is 12.5 Å². The number of likely N-dealkylation sites (tertiary alicyclic amines) is 1. The fraction of sp³-hybridized carbons (Fsp3) is 0.417. The van der Waals surface area contributed by atoms with Gasteiger partial charge in [0.1, 0.15) is 0 Å². The van der Waals surface area contributed by atoms with E-state index in [1.54, 1.807) is 4.90 Å². The molecule has 2 nitrogen and oxygen atoms in total. The van der Waals surface area contributed by atoms with Crippen molar-refractivity contribution in [3.05, 3.63) is 35.9 Å². The molecule has 0 spiro atoms. The van der Waals surface area contributed by atoms with Crippen LogP contribution in [0.15, 0.2) is 30.3 Å². The zero-order valence-corrected chi connectivity index (χ0v) is 8.15. The molecule has 0 unspecified atom stereocenters. The lowest BCUT2D eigenvalue weighted by molar-refractivity contribution is 0.297. The highest BCUT2D eigenvalue weighted by molar-refractivity contribution is 5.48. The van der Waals surface area contributed by atoms with Crippen molar-refractivity contribution in [1.82, 2.24) is 4.90 Å². The predicted octanol–water partition coefficient (Wildman–Crippen LogP) is 1.93. The predicted molar refractivity (Wildman–Crippen MR) is 55.7 cm³/mol. The molecule has 1 aliphatic rings. The summed E-state index contributed by atoms with van der Waals surface area (Å²) in [6, 6.07) is 10.5. The summed E-state index contributed by atoms with van der Waals surface area (Å²) >= 11 is 0. The normalized spacial score (nSPS) is 18.1. The van der Waals surface area contributed by atoms with Crippen LogP contribution in [0, 0.1) is 0 Å². The topological polar surface area (TPSA) is 20.3 Å². The molecule has 0 aromatic heterocycles. The average molecular weight is 188 g/mol. The second-order valence-corrected chi connectivity index (χ2v) is 3.76. The first-order valence-electron chi connectivity index (χ1n) is 5.08. The second-order valence-electron chi connectivity index (χ2n) is 3.76. The molecule has 0 atom stereocenters. The minimum Gasteiger partial charge on any atom is -0.334 e. The maximum atomic E-state index is 10.4. The van der Waals surface area contributed by atoms with Crippen molar-refractivity contribution in [2.24, 2.45) is 0 Å². The van der Waals surface area contributed by atoms with Gasteiger partial charge in [-0.1, -0.05) is 30.3 Å². The molecule has 14 heavy (non-hydrogen) atoms. The lowest BCUT2D eigenvalue weighted by Crippen LogP contribution is -2.31. The van der Waals surface area contributed by atoms with Crippen molar-refractivity contribution in [2.45, 2.75) is 18.8 Å². The summed E-state index contributed by atoms with van der Waals surface area (Å²) in [6.07, 6.45) is 4.10. The molecule has 2 rings (SSSR count). The van der Waals surface area contributed by atoms with Crippen LogP contribution in [-0.2, 0) is 4.79 Å². The van der Waals surface area contributed by atoms with Crippen LogP contribution in [0.25, 0.3) is 0 Å². The summed E-state index contributed by atoms with van der Waals surface area (Å²) in [4.78, 5) is 12.1. The van der Waals surface area contributed by atoms with E-state index in [1.165, 1.54) is 5.56 Å². The highest BCUT2D eigenvalue weighted by atomic mass is 16.1. The Bertz CT molecular complexity index is 288. The molecule has 2 heteroatoms. The zero-order chi connectivity index (χ0) is 9.80. The Balaban J connectivity index is 1.99. The first kappa shape index (κ1) is 9.25. The third-order valence-corrected chi connectivity index (χ3v) is 2.90. The number of amides is 1. The van der Waals surface area contributed by atoms with Crippen molar-refractivity contribution in [1.29, 1.82) is 0 Å². The number of hydrogen-bond acceptors (Lipinski definition) is 1. The van der Waals surface area contributed by atoms with E-state index in [0.29, 0.717) is 5.92 Å². The summed E-state index contributed by atoms with van der Waals surface area (Å²) in [5.41, 5.74) is 1.40. The van der Waals surface area contributed by atoms with Crippen molar-refractivity contribution >= 4 is 6.41 Å². The van der Waals surface area contributed by atoms with Gasteiger partial charge in [-0.25, -0.2) is 0 Å². The van der Waals surface area contributed by atoms with Gasteiger partial charge in [-0.3, -0.25) is 4.79 Å². The summed E-state index contributed by atoms with van der Waals surface area (Å²) < 4.78 is 0. The van der Waals surface area contributed by atoms with Gasteiger partial charge in [-0.05, 0) is 24.3 Å². The average Bonchev–Trinajstić information content (AvgIpc) is 2.30. The molecular weight excluding hydrogens is 174 g/mol. The summed E-state index contributed by atoms with van der Waals surface area (Å²) in [7, 11) is 0. The minimum atomic E-state index is 0.626. The van der Waals surface area contributed by atoms with Crippen LogP contribution >= 0.6 is 0 Å². The van der Waals surface area contributed by atoms with Crippen LogP contribution in [0.1, 0.15) is 24.3 Å². The Morgan fingerprint density at radius 3 is 2.36 bits per heavy atom. The molecule has 0 N–H and O–H groups in total. The number of carbonyl (C=O) groups excluding carboxylic acids is 1. The van der Waals surface area contributed by atoms with Gasteiger partial charge in [0.15, 0.2) is 0 Å². The third kappa shape index (κ3) is 1.95. The van der Waals surface area contributed by atoms with E-state index in [4.69, 9.17) is 0 Å².